The van der Waals surface area contributed by atoms with Crippen molar-refractivity contribution >= 4 is 11.7 Å². The van der Waals surface area contributed by atoms with Crippen LogP contribution in [0.15, 0.2) is 24.3 Å². The Morgan fingerprint density at radius 2 is 1.86 bits per heavy atom. The van der Waals surface area contributed by atoms with Crippen LogP contribution in [0.3, 0.4) is 0 Å². The van der Waals surface area contributed by atoms with Gasteiger partial charge in [-0.25, -0.2) is 4.79 Å². The van der Waals surface area contributed by atoms with Gasteiger partial charge in [0, 0.05) is 75.7 Å². The van der Waals surface area contributed by atoms with Crippen LogP contribution in [0.4, 0.5) is 5.69 Å². The van der Waals surface area contributed by atoms with Crippen LogP contribution in [-0.4, -0.2) is 111 Å². The summed E-state index contributed by atoms with van der Waals surface area (Å²) in [6.07, 6.45) is 1.22. The smallest absolute Gasteiger partial charge is 0.340 e. The minimum Gasteiger partial charge on any atom is -0.461 e. The monoisotopic (exact) mass is 586 g/mol. The van der Waals surface area contributed by atoms with Crippen molar-refractivity contribution in [2.75, 3.05) is 53.9 Å². The van der Waals surface area contributed by atoms with E-state index in [-0.39, 0.29) is 48.6 Å². The molecule has 10 heteroatoms. The number of esters is 1. The summed E-state index contributed by atoms with van der Waals surface area (Å²) in [7, 11) is 6.80. The second-order valence-electron chi connectivity index (χ2n) is 13.8. The first-order chi connectivity index (χ1) is 20.1. The van der Waals surface area contributed by atoms with Gasteiger partial charge in [0.25, 0.3) is 0 Å². The van der Waals surface area contributed by atoms with Gasteiger partial charge in [-0.1, -0.05) is 19.1 Å². The normalized spacial score (nSPS) is 50.1. The lowest BCUT2D eigenvalue weighted by molar-refractivity contribution is -0.320. The van der Waals surface area contributed by atoms with Crippen molar-refractivity contribution in [2.45, 2.75) is 74.3 Å². The molecule has 0 aromatic heterocycles. The number of nitrogens with zero attached hydrogens (tertiary/aromatic N) is 1. The number of para-hydroxylation sites is 1. The van der Waals surface area contributed by atoms with Crippen LogP contribution >= 0.6 is 0 Å². The predicted octanol–water partition coefficient (Wildman–Crippen LogP) is 1.72. The number of piperidine rings is 1. The fourth-order valence-corrected chi connectivity index (χ4v) is 12.0. The van der Waals surface area contributed by atoms with E-state index in [1.54, 1.807) is 52.7 Å². The Hall–Kier alpha value is -1.79. The Morgan fingerprint density at radius 3 is 2.50 bits per heavy atom. The van der Waals surface area contributed by atoms with E-state index in [0.29, 0.717) is 30.8 Å². The quantitative estimate of drug-likeness (QED) is 0.306. The summed E-state index contributed by atoms with van der Waals surface area (Å²) in [5.41, 5.74) is 2.65. The zero-order valence-corrected chi connectivity index (χ0v) is 25.3. The number of nitrogen functional groups attached to an aromatic ring is 1. The molecule has 7 bridgehead atoms. The fraction of sp³-hybridized carbons (Fsp3) is 0.781. The highest BCUT2D eigenvalue weighted by Crippen LogP contribution is 2.80. The third-order valence-corrected chi connectivity index (χ3v) is 13.0. The fourth-order valence-electron chi connectivity index (χ4n) is 12.0. The first kappa shape index (κ1) is 29.0. The summed E-state index contributed by atoms with van der Waals surface area (Å²) in [6, 6.07) is 6.55. The van der Waals surface area contributed by atoms with Crippen molar-refractivity contribution in [1.29, 1.82) is 0 Å². The SMILES string of the molecule is CCN1C[C@]2(COC(=O)c3ccccc3N)CC[C@H](OC)[C@]34C5C[C@@H]6[C@@H](OC)C[C@@](O)(C5[C@H]6OC)[C@@](O)(C13)[C@@H](OC)[C@H]24. The van der Waals surface area contributed by atoms with Crippen molar-refractivity contribution < 1.29 is 38.7 Å². The molecule has 1 aromatic rings. The number of likely N-dealkylation sites (tertiary alicyclic amines) is 1. The van der Waals surface area contributed by atoms with Gasteiger partial charge in [0.05, 0.1) is 42.6 Å². The lowest BCUT2D eigenvalue weighted by atomic mass is 9.42. The largest absolute Gasteiger partial charge is 0.461 e. The zero-order valence-electron chi connectivity index (χ0n) is 25.3. The molecule has 1 spiro atoms. The predicted molar refractivity (Wildman–Crippen MR) is 153 cm³/mol. The molecule has 6 fully saturated rings. The lowest BCUT2D eigenvalue weighted by Crippen LogP contribution is -2.82. The molecule has 4 N–H and O–H groups in total. The third kappa shape index (κ3) is 3.12. The zero-order chi connectivity index (χ0) is 29.8. The van der Waals surface area contributed by atoms with Crippen molar-refractivity contribution in [3.05, 3.63) is 29.8 Å². The number of ether oxygens (including phenoxy) is 5. The summed E-state index contributed by atoms with van der Waals surface area (Å²) in [4.78, 5) is 15.7. The van der Waals surface area contributed by atoms with Gasteiger partial charge < -0.3 is 39.6 Å². The standard InChI is InChI=1S/C32H46N2O8/c1-6-34-15-29(16-42-27(35)17-9-7-8-10-20(17)33)12-11-22(39-3)31-19-13-18-21(38-2)14-30(36,23(19)24(18)40-4)32(37,28(31)34)26(41-5)25(29)31/h7-10,18-19,21-26,28,36-37H,6,11-16,33H2,1-5H3/t18-,19?,21+,22+,23?,24+,25-,26+,28?,29+,30-,31+,32+/m1/s1. The molecule has 1 saturated heterocycles. The molecule has 1 aliphatic heterocycles. The second kappa shape index (κ2) is 9.60. The number of methoxy groups -OCH3 is 4. The minimum absolute atomic E-state index is 0.00697. The molecule has 1 aromatic carbocycles. The Kier molecular flexibility index (Phi) is 6.62. The second-order valence-corrected chi connectivity index (χ2v) is 13.8. The van der Waals surface area contributed by atoms with Gasteiger partial charge in [-0.05, 0) is 43.9 Å². The lowest BCUT2D eigenvalue weighted by Gasteiger charge is -2.70. The molecular formula is C32H46N2O8. The van der Waals surface area contributed by atoms with E-state index in [9.17, 15) is 15.0 Å². The number of benzene rings is 1. The van der Waals surface area contributed by atoms with E-state index in [0.717, 1.165) is 19.3 Å². The number of aliphatic hydroxyl groups is 2. The highest BCUT2D eigenvalue weighted by atomic mass is 16.5. The highest BCUT2D eigenvalue weighted by molar-refractivity contribution is 5.95. The van der Waals surface area contributed by atoms with Gasteiger partial charge >= 0.3 is 5.97 Å². The van der Waals surface area contributed by atoms with Crippen molar-refractivity contribution in [1.82, 2.24) is 4.90 Å². The average Bonchev–Trinajstić information content (AvgIpc) is 3.41. The number of hydrogen-bond acceptors (Lipinski definition) is 10. The van der Waals surface area contributed by atoms with Crippen LogP contribution in [0.2, 0.25) is 0 Å². The molecule has 232 valence electrons. The highest BCUT2D eigenvalue weighted by Gasteiger charge is 2.91. The van der Waals surface area contributed by atoms with Crippen LogP contribution in [0.1, 0.15) is 43.0 Å². The molecular weight excluding hydrogens is 540 g/mol. The molecule has 3 unspecified atom stereocenters. The number of carbonyl (C=O) groups is 1. The van der Waals surface area contributed by atoms with E-state index in [1.165, 1.54) is 0 Å². The molecule has 1 heterocycles. The van der Waals surface area contributed by atoms with Crippen LogP contribution in [0.5, 0.6) is 0 Å². The van der Waals surface area contributed by atoms with E-state index in [1.807, 2.05) is 0 Å². The van der Waals surface area contributed by atoms with Gasteiger partial charge in [-0.15, -0.1) is 0 Å². The van der Waals surface area contributed by atoms with Crippen LogP contribution in [0.25, 0.3) is 0 Å². The number of likely N-dealkylation sites (N-methyl/N-ethyl adjacent to an activating group) is 1. The molecule has 10 nitrogen and oxygen atoms in total. The van der Waals surface area contributed by atoms with Gasteiger partial charge in [0.2, 0.25) is 0 Å². The summed E-state index contributed by atoms with van der Waals surface area (Å²) >= 11 is 0. The molecule has 5 aliphatic carbocycles. The summed E-state index contributed by atoms with van der Waals surface area (Å²) in [6.45, 7) is 3.54. The van der Waals surface area contributed by atoms with Crippen molar-refractivity contribution in [2.24, 2.45) is 34.5 Å². The summed E-state index contributed by atoms with van der Waals surface area (Å²) < 4.78 is 31.1. The Balaban J connectivity index is 1.41. The Labute approximate surface area is 247 Å². The van der Waals surface area contributed by atoms with E-state index >= 15 is 0 Å². The molecule has 42 heavy (non-hydrogen) atoms. The number of rotatable bonds is 8. The summed E-state index contributed by atoms with van der Waals surface area (Å²) in [5.74, 6) is -0.892. The van der Waals surface area contributed by atoms with Gasteiger partial charge in [-0.2, -0.15) is 0 Å². The Bertz CT molecular complexity index is 1250. The molecule has 6 aliphatic rings. The van der Waals surface area contributed by atoms with Crippen LogP contribution in [0, 0.1) is 34.5 Å². The average molecular weight is 587 g/mol. The van der Waals surface area contributed by atoms with E-state index in [2.05, 4.69) is 11.8 Å². The van der Waals surface area contributed by atoms with E-state index < -0.39 is 40.1 Å². The van der Waals surface area contributed by atoms with Gasteiger partial charge in [-0.3, -0.25) is 4.90 Å². The maximum Gasteiger partial charge on any atom is 0.340 e. The van der Waals surface area contributed by atoms with Crippen molar-refractivity contribution in [3.63, 3.8) is 0 Å². The van der Waals surface area contributed by atoms with Gasteiger partial charge in [0.1, 0.15) is 11.2 Å². The number of nitrogens with two attached hydrogens (primary N) is 1. The van der Waals surface area contributed by atoms with Crippen LogP contribution < -0.4 is 5.73 Å². The van der Waals surface area contributed by atoms with Crippen LogP contribution in [-0.2, 0) is 23.7 Å². The van der Waals surface area contributed by atoms with Gasteiger partial charge in [0.15, 0.2) is 0 Å². The minimum atomic E-state index is -1.62. The number of fused-ring (bicyclic) bond motifs is 2. The molecule has 5 saturated carbocycles. The molecule has 7 rings (SSSR count). The molecule has 0 amide bonds. The maximum absolute atomic E-state index is 13.4. The number of hydrogen-bond donors (Lipinski definition) is 3. The molecule has 13 atom stereocenters. The number of anilines is 1. The van der Waals surface area contributed by atoms with E-state index in [4.69, 9.17) is 29.4 Å². The molecule has 0 radical (unpaired) electrons. The third-order valence-electron chi connectivity index (χ3n) is 13.0. The van der Waals surface area contributed by atoms with Crippen molar-refractivity contribution in [3.8, 4) is 0 Å². The first-order valence-corrected chi connectivity index (χ1v) is 15.5. The summed E-state index contributed by atoms with van der Waals surface area (Å²) in [5, 5.41) is 26.3. The number of carbonyl (C=O) groups excluding carboxylic acids is 1. The Morgan fingerprint density at radius 1 is 1.10 bits per heavy atom. The topological polar surface area (TPSA) is 133 Å². The first-order valence-electron chi connectivity index (χ1n) is 15.5. The maximum atomic E-state index is 13.4.